The number of nitrogen functional groups attached to an aromatic ring is 6. The van der Waals surface area contributed by atoms with Gasteiger partial charge in [0.25, 0.3) is 0 Å². The molecular weight excluding hydrogens is 240 g/mol. The van der Waals surface area contributed by atoms with Gasteiger partial charge in [-0.2, -0.15) is 15.0 Å². The summed E-state index contributed by atoms with van der Waals surface area (Å²) >= 11 is 0. The lowest BCUT2D eigenvalue weighted by Crippen LogP contribution is -2.06. The third-order valence-electron chi connectivity index (χ3n) is 1.54. The number of rotatable bonds is 0. The van der Waals surface area contributed by atoms with E-state index in [1.54, 1.807) is 0 Å². The van der Waals surface area contributed by atoms with Crippen LogP contribution in [0.15, 0.2) is 0 Å². The molecule has 12 nitrogen and oxygen atoms in total. The smallest absolute Gasteiger partial charge is 0.226 e. The zero-order valence-corrected chi connectivity index (χ0v) is 9.15. The van der Waals surface area contributed by atoms with Crippen LogP contribution in [0.3, 0.4) is 0 Å². The van der Waals surface area contributed by atoms with Gasteiger partial charge in [-0.3, -0.25) is 0 Å². The van der Waals surface area contributed by atoms with Gasteiger partial charge in [-0.25, -0.2) is 0 Å². The third-order valence-corrected chi connectivity index (χ3v) is 1.54. The molecule has 96 valence electrons. The number of nitrogens with two attached hydrogens (primary N) is 6. The fraction of sp³-hybridized carbons (Fsp3) is 0. The Hall–Kier alpha value is -3.18. The molecule has 12 heteroatoms. The fourth-order valence-corrected chi connectivity index (χ4v) is 0.785. The van der Waals surface area contributed by atoms with E-state index in [9.17, 15) is 0 Å². The Bertz CT molecular complexity index is 467. The standard InChI is InChI=1S/2C3H6N6/c4-1-7-2(5)9-3(6)8-1;4-1-2(5)7-9-8-3(1)6/h(H6,4,5,6,7,8,9);(H2,4,9)(H4,5,6,7,8). The van der Waals surface area contributed by atoms with Gasteiger partial charge in [0.1, 0.15) is 5.69 Å². The minimum Gasteiger partial charge on any atom is -0.393 e. The number of nitrogens with zero attached hydrogens (tertiary/aromatic N) is 6. The van der Waals surface area contributed by atoms with Crippen LogP contribution in [0.25, 0.3) is 0 Å². The van der Waals surface area contributed by atoms with Crippen LogP contribution in [0.2, 0.25) is 0 Å². The van der Waals surface area contributed by atoms with E-state index in [2.05, 4.69) is 30.4 Å². The molecule has 0 bridgehead atoms. The summed E-state index contributed by atoms with van der Waals surface area (Å²) in [7, 11) is 0. The first kappa shape index (κ1) is 12.9. The highest BCUT2D eigenvalue weighted by atomic mass is 15.3. The molecule has 2 aromatic heterocycles. The minimum absolute atomic E-state index is 0.0417. The molecule has 0 spiro atoms. The first-order chi connectivity index (χ1) is 8.40. The van der Waals surface area contributed by atoms with E-state index < -0.39 is 0 Å². The van der Waals surface area contributed by atoms with Crippen molar-refractivity contribution in [2.45, 2.75) is 0 Å². The van der Waals surface area contributed by atoms with Gasteiger partial charge in [0, 0.05) is 0 Å². The Kier molecular flexibility index (Phi) is 3.75. The summed E-state index contributed by atoms with van der Waals surface area (Å²) < 4.78 is 0. The van der Waals surface area contributed by atoms with Crippen LogP contribution in [0.4, 0.5) is 35.2 Å². The highest BCUT2D eigenvalue weighted by Gasteiger charge is 1.99. The third kappa shape index (κ3) is 3.44. The molecule has 2 heterocycles. The Balaban J connectivity index is 0.000000180. The van der Waals surface area contributed by atoms with Gasteiger partial charge in [0.15, 0.2) is 11.6 Å². The van der Waals surface area contributed by atoms with Crippen molar-refractivity contribution < 1.29 is 0 Å². The van der Waals surface area contributed by atoms with Crippen molar-refractivity contribution in [3.63, 3.8) is 0 Å². The van der Waals surface area contributed by atoms with Crippen LogP contribution in [-0.2, 0) is 0 Å². The number of aromatic nitrogens is 6. The topological polar surface area (TPSA) is 233 Å². The van der Waals surface area contributed by atoms with Crippen molar-refractivity contribution in [2.24, 2.45) is 0 Å². The normalized spacial score (nSPS) is 9.33. The van der Waals surface area contributed by atoms with Gasteiger partial charge in [-0.1, -0.05) is 0 Å². The number of hydrogen-bond acceptors (Lipinski definition) is 12. The lowest BCUT2D eigenvalue weighted by molar-refractivity contribution is 0.884. The lowest BCUT2D eigenvalue weighted by Gasteiger charge is -1.96. The van der Waals surface area contributed by atoms with Gasteiger partial charge >= 0.3 is 0 Å². The van der Waals surface area contributed by atoms with Crippen molar-refractivity contribution >= 4 is 35.2 Å². The average molecular weight is 252 g/mol. The molecule has 2 rings (SSSR count). The monoisotopic (exact) mass is 252 g/mol. The number of hydrogen-bond donors (Lipinski definition) is 6. The summed E-state index contributed by atoms with van der Waals surface area (Å²) in [5.74, 6) is 0.352. The zero-order chi connectivity index (χ0) is 13.7. The second-order valence-electron chi connectivity index (χ2n) is 2.88. The first-order valence-electron chi connectivity index (χ1n) is 4.42. The van der Waals surface area contributed by atoms with E-state index in [1.165, 1.54) is 0 Å². The summed E-state index contributed by atoms with van der Waals surface area (Å²) in [6.45, 7) is 0. The molecule has 0 amide bonds. The lowest BCUT2D eigenvalue weighted by atomic mass is 10.5. The van der Waals surface area contributed by atoms with E-state index in [-0.39, 0.29) is 35.2 Å². The van der Waals surface area contributed by atoms with E-state index >= 15 is 0 Å². The predicted octanol–water partition coefficient (Wildman–Crippen LogP) is -2.76. The second-order valence-corrected chi connectivity index (χ2v) is 2.88. The van der Waals surface area contributed by atoms with Crippen LogP contribution >= 0.6 is 0 Å². The maximum absolute atomic E-state index is 5.27. The van der Waals surface area contributed by atoms with Crippen LogP contribution in [0.1, 0.15) is 0 Å². The molecule has 0 radical (unpaired) electrons. The van der Waals surface area contributed by atoms with Crippen molar-refractivity contribution in [1.29, 1.82) is 0 Å². The maximum Gasteiger partial charge on any atom is 0.226 e. The van der Waals surface area contributed by atoms with E-state index in [0.29, 0.717) is 0 Å². The van der Waals surface area contributed by atoms with Gasteiger partial charge in [-0.05, 0) is 5.21 Å². The molecule has 0 atom stereocenters. The number of anilines is 6. The summed E-state index contributed by atoms with van der Waals surface area (Å²) in [6, 6.07) is 0. The quantitative estimate of drug-likeness (QED) is 0.279. The van der Waals surface area contributed by atoms with Crippen molar-refractivity contribution in [1.82, 2.24) is 30.4 Å². The predicted molar refractivity (Wildman–Crippen MR) is 66.1 cm³/mol. The highest BCUT2D eigenvalue weighted by Crippen LogP contribution is 2.13. The van der Waals surface area contributed by atoms with E-state index in [1.807, 2.05) is 0 Å². The molecule has 0 unspecified atom stereocenters. The summed E-state index contributed by atoms with van der Waals surface area (Å²) in [4.78, 5) is 10.5. The summed E-state index contributed by atoms with van der Waals surface area (Å²) in [5, 5.41) is 9.92. The molecule has 0 aliphatic carbocycles. The Morgan fingerprint density at radius 1 is 0.556 bits per heavy atom. The summed E-state index contributed by atoms with van der Waals surface area (Å²) in [6.07, 6.45) is 0. The van der Waals surface area contributed by atoms with Gasteiger partial charge in [0.05, 0.1) is 0 Å². The van der Waals surface area contributed by atoms with Crippen molar-refractivity contribution in [3.05, 3.63) is 0 Å². The summed E-state index contributed by atoms with van der Waals surface area (Å²) in [5.41, 5.74) is 31.3. The molecule has 0 saturated carbocycles. The molecule has 2 aromatic rings. The van der Waals surface area contributed by atoms with E-state index in [4.69, 9.17) is 34.4 Å². The minimum atomic E-state index is 0.0417. The van der Waals surface area contributed by atoms with Gasteiger partial charge in [-0.15, -0.1) is 10.2 Å². The molecule has 0 saturated heterocycles. The second kappa shape index (κ2) is 5.24. The highest BCUT2D eigenvalue weighted by molar-refractivity contribution is 5.69. The molecule has 0 aromatic carbocycles. The van der Waals surface area contributed by atoms with Gasteiger partial charge < -0.3 is 34.4 Å². The molecule has 0 aliphatic heterocycles. The van der Waals surface area contributed by atoms with Crippen LogP contribution in [-0.4, -0.2) is 30.4 Å². The fourth-order valence-electron chi connectivity index (χ4n) is 0.785. The van der Waals surface area contributed by atoms with Crippen LogP contribution in [0, 0.1) is 0 Å². The molecule has 0 fully saturated rings. The van der Waals surface area contributed by atoms with Gasteiger partial charge in [0.2, 0.25) is 17.8 Å². The maximum atomic E-state index is 5.27. The van der Waals surface area contributed by atoms with Crippen molar-refractivity contribution in [2.75, 3.05) is 34.4 Å². The molecule has 0 aliphatic rings. The first-order valence-corrected chi connectivity index (χ1v) is 4.42. The average Bonchev–Trinajstić information content (AvgIpc) is 2.24. The zero-order valence-electron chi connectivity index (χ0n) is 9.15. The van der Waals surface area contributed by atoms with Crippen LogP contribution < -0.4 is 34.4 Å². The molecule has 18 heavy (non-hydrogen) atoms. The largest absolute Gasteiger partial charge is 0.393 e. The Labute approximate surface area is 101 Å². The Morgan fingerprint density at radius 3 is 1.17 bits per heavy atom. The molecule has 12 N–H and O–H groups in total. The van der Waals surface area contributed by atoms with Crippen molar-refractivity contribution in [3.8, 4) is 0 Å². The molecular formula is C6H12N12. The van der Waals surface area contributed by atoms with E-state index in [0.717, 1.165) is 0 Å². The SMILES string of the molecule is Nc1nc(N)nc(N)n1.Nc1nnnc(N)c1N. The Morgan fingerprint density at radius 2 is 0.889 bits per heavy atom. The van der Waals surface area contributed by atoms with Crippen LogP contribution in [0.5, 0.6) is 0 Å².